The molecule has 1 aliphatic heterocycles. The third kappa shape index (κ3) is 5.56. The monoisotopic (exact) mass is 345 g/mol. The van der Waals surface area contributed by atoms with Crippen LogP contribution in [0.2, 0.25) is 0 Å². The molecule has 0 aromatic heterocycles. The van der Waals surface area contributed by atoms with Gasteiger partial charge in [-0.3, -0.25) is 9.59 Å². The van der Waals surface area contributed by atoms with Gasteiger partial charge in [-0.1, -0.05) is 38.5 Å². The van der Waals surface area contributed by atoms with E-state index in [-0.39, 0.29) is 23.1 Å². The molecule has 1 heterocycles. The van der Waals surface area contributed by atoms with Crippen molar-refractivity contribution in [2.75, 3.05) is 19.6 Å². The molecule has 138 valence electrons. The van der Waals surface area contributed by atoms with Gasteiger partial charge >= 0.3 is 0 Å². The maximum atomic E-state index is 12.7. The molecule has 0 aliphatic carbocycles. The Bertz CT molecular complexity index is 607. The van der Waals surface area contributed by atoms with Gasteiger partial charge in [0.2, 0.25) is 5.91 Å². The minimum Gasteiger partial charge on any atom is -0.354 e. The molecule has 1 saturated heterocycles. The zero-order valence-corrected chi connectivity index (χ0v) is 15.8. The van der Waals surface area contributed by atoms with Crippen LogP contribution in [-0.4, -0.2) is 37.5 Å². The van der Waals surface area contributed by atoms with Crippen molar-refractivity contribution in [1.29, 1.82) is 0 Å². The van der Waals surface area contributed by atoms with Gasteiger partial charge in [0.05, 0.1) is 0 Å². The van der Waals surface area contributed by atoms with Gasteiger partial charge in [0.25, 0.3) is 5.91 Å². The fourth-order valence-electron chi connectivity index (χ4n) is 3.16. The Kier molecular flexibility index (Phi) is 6.59. The number of carbonyl (C=O) groups is 2. The molecule has 1 aromatic carbocycles. The Balaban J connectivity index is 1.97. The zero-order chi connectivity index (χ0) is 18.4. The summed E-state index contributed by atoms with van der Waals surface area (Å²) in [6, 6.07) is 6.88. The second-order valence-corrected chi connectivity index (χ2v) is 7.84. The van der Waals surface area contributed by atoms with Gasteiger partial charge < -0.3 is 16.0 Å². The summed E-state index contributed by atoms with van der Waals surface area (Å²) in [4.78, 5) is 25.1. The minimum atomic E-state index is -0.529. The van der Waals surface area contributed by atoms with Crippen molar-refractivity contribution in [1.82, 2.24) is 16.0 Å². The minimum absolute atomic E-state index is 0.0228. The lowest BCUT2D eigenvalue weighted by molar-refractivity contribution is -0.124. The predicted octanol–water partition coefficient (Wildman–Crippen LogP) is 2.26. The normalized spacial score (nSPS) is 17.8. The number of nitrogens with one attached hydrogen (secondary N) is 3. The van der Waals surface area contributed by atoms with Gasteiger partial charge in [-0.15, -0.1) is 0 Å². The van der Waals surface area contributed by atoms with Gasteiger partial charge in [0.15, 0.2) is 0 Å². The van der Waals surface area contributed by atoms with Crippen molar-refractivity contribution in [3.63, 3.8) is 0 Å². The summed E-state index contributed by atoms with van der Waals surface area (Å²) in [7, 11) is 0. The Hall–Kier alpha value is -1.88. The molecular formula is C20H31N3O2. The average Bonchev–Trinajstić information content (AvgIpc) is 2.58. The second kappa shape index (κ2) is 8.48. The van der Waals surface area contributed by atoms with E-state index < -0.39 is 6.04 Å². The van der Waals surface area contributed by atoms with E-state index in [1.165, 1.54) is 0 Å². The quantitative estimate of drug-likeness (QED) is 0.741. The van der Waals surface area contributed by atoms with Gasteiger partial charge in [-0.25, -0.2) is 0 Å². The van der Waals surface area contributed by atoms with E-state index in [4.69, 9.17) is 0 Å². The van der Waals surface area contributed by atoms with Crippen LogP contribution < -0.4 is 16.0 Å². The average molecular weight is 345 g/mol. The van der Waals surface area contributed by atoms with Crippen LogP contribution >= 0.6 is 0 Å². The van der Waals surface area contributed by atoms with Gasteiger partial charge in [-0.05, 0) is 56.3 Å². The molecule has 1 unspecified atom stereocenters. The molecule has 1 fully saturated rings. The molecular weight excluding hydrogens is 314 g/mol. The van der Waals surface area contributed by atoms with Crippen LogP contribution in [0.1, 0.15) is 49.5 Å². The number of amides is 2. The first-order valence-electron chi connectivity index (χ1n) is 9.17. The Morgan fingerprint density at radius 2 is 1.92 bits per heavy atom. The molecule has 2 amide bonds. The van der Waals surface area contributed by atoms with E-state index in [2.05, 4.69) is 22.9 Å². The summed E-state index contributed by atoms with van der Waals surface area (Å²) in [6.07, 6.45) is 2.10. The summed E-state index contributed by atoms with van der Waals surface area (Å²) in [5, 5.41) is 9.31. The lowest BCUT2D eigenvalue weighted by Gasteiger charge is -2.35. The molecule has 0 radical (unpaired) electrons. The topological polar surface area (TPSA) is 70.2 Å². The highest BCUT2D eigenvalue weighted by atomic mass is 16.2. The van der Waals surface area contributed by atoms with E-state index in [9.17, 15) is 9.59 Å². The first-order valence-corrected chi connectivity index (χ1v) is 9.17. The summed E-state index contributed by atoms with van der Waals surface area (Å²) in [6.45, 7) is 10.7. The van der Waals surface area contributed by atoms with E-state index in [0.717, 1.165) is 31.5 Å². The lowest BCUT2D eigenvalue weighted by atomic mass is 9.81. The first kappa shape index (κ1) is 19.4. The molecule has 0 saturated carbocycles. The molecule has 0 spiro atoms. The van der Waals surface area contributed by atoms with Crippen LogP contribution in [0.3, 0.4) is 0 Å². The first-order chi connectivity index (χ1) is 11.8. The maximum Gasteiger partial charge on any atom is 0.251 e. The largest absolute Gasteiger partial charge is 0.354 e. The molecule has 3 N–H and O–H groups in total. The number of benzene rings is 1. The summed E-state index contributed by atoms with van der Waals surface area (Å²) >= 11 is 0. The van der Waals surface area contributed by atoms with Crippen LogP contribution in [0.5, 0.6) is 0 Å². The zero-order valence-electron chi connectivity index (χ0n) is 15.8. The predicted molar refractivity (Wildman–Crippen MR) is 100 cm³/mol. The molecule has 1 aliphatic rings. The van der Waals surface area contributed by atoms with Gasteiger partial charge in [0.1, 0.15) is 6.04 Å². The molecule has 1 atom stereocenters. The number of hydrogen-bond acceptors (Lipinski definition) is 3. The number of hydrogen-bond donors (Lipinski definition) is 3. The number of piperidine rings is 1. The maximum absolute atomic E-state index is 12.7. The highest BCUT2D eigenvalue weighted by Crippen LogP contribution is 2.26. The standard InChI is InChI=1S/C20H31N3O2/c1-14(2)17(23-18(24)16-7-5-6-15(3)12-16)19(25)22-13-20(4)8-10-21-11-9-20/h5-7,12,14,17,21H,8-11,13H2,1-4H3,(H,22,25)(H,23,24). The van der Waals surface area contributed by atoms with Crippen LogP contribution in [0.15, 0.2) is 24.3 Å². The fourth-order valence-corrected chi connectivity index (χ4v) is 3.16. The molecule has 5 heteroatoms. The SMILES string of the molecule is Cc1cccc(C(=O)NC(C(=O)NCC2(C)CCNCC2)C(C)C)c1. The summed E-state index contributed by atoms with van der Waals surface area (Å²) < 4.78 is 0. The molecule has 5 nitrogen and oxygen atoms in total. The second-order valence-electron chi connectivity index (χ2n) is 7.84. The van der Waals surface area contributed by atoms with E-state index in [1.54, 1.807) is 6.07 Å². The molecule has 25 heavy (non-hydrogen) atoms. The van der Waals surface area contributed by atoms with Crippen molar-refractivity contribution in [3.8, 4) is 0 Å². The van der Waals surface area contributed by atoms with Crippen molar-refractivity contribution in [2.24, 2.45) is 11.3 Å². The van der Waals surface area contributed by atoms with Crippen molar-refractivity contribution in [2.45, 2.75) is 46.6 Å². The lowest BCUT2D eigenvalue weighted by Crippen LogP contribution is -2.52. The Morgan fingerprint density at radius 3 is 2.52 bits per heavy atom. The summed E-state index contributed by atoms with van der Waals surface area (Å²) in [5.41, 5.74) is 1.74. The smallest absolute Gasteiger partial charge is 0.251 e. The van der Waals surface area contributed by atoms with E-state index in [0.29, 0.717) is 12.1 Å². The van der Waals surface area contributed by atoms with Crippen molar-refractivity contribution < 1.29 is 9.59 Å². The van der Waals surface area contributed by atoms with Crippen LogP contribution in [0.25, 0.3) is 0 Å². The molecule has 2 rings (SSSR count). The van der Waals surface area contributed by atoms with Crippen molar-refractivity contribution >= 4 is 11.8 Å². The summed E-state index contributed by atoms with van der Waals surface area (Å²) in [5.74, 6) is -0.282. The Labute approximate surface area is 151 Å². The van der Waals surface area contributed by atoms with E-state index >= 15 is 0 Å². The van der Waals surface area contributed by atoms with Gasteiger partial charge in [-0.2, -0.15) is 0 Å². The Morgan fingerprint density at radius 1 is 1.24 bits per heavy atom. The molecule has 0 bridgehead atoms. The van der Waals surface area contributed by atoms with E-state index in [1.807, 2.05) is 39.0 Å². The number of rotatable bonds is 6. The van der Waals surface area contributed by atoms with Crippen LogP contribution in [0.4, 0.5) is 0 Å². The third-order valence-electron chi connectivity index (χ3n) is 5.02. The van der Waals surface area contributed by atoms with Crippen LogP contribution in [0, 0.1) is 18.3 Å². The van der Waals surface area contributed by atoms with Crippen molar-refractivity contribution in [3.05, 3.63) is 35.4 Å². The fraction of sp³-hybridized carbons (Fsp3) is 0.600. The van der Waals surface area contributed by atoms with Crippen LogP contribution in [-0.2, 0) is 4.79 Å². The number of aryl methyl sites for hydroxylation is 1. The highest BCUT2D eigenvalue weighted by Gasteiger charge is 2.30. The molecule has 1 aromatic rings. The third-order valence-corrected chi connectivity index (χ3v) is 5.02. The van der Waals surface area contributed by atoms with Gasteiger partial charge in [0, 0.05) is 12.1 Å². The number of carbonyl (C=O) groups excluding carboxylic acids is 2. The highest BCUT2D eigenvalue weighted by molar-refractivity contribution is 5.97.